The molecule has 2 N–H and O–H groups in total. The van der Waals surface area contributed by atoms with Crippen LogP contribution in [0, 0.1) is 6.92 Å². The molecule has 0 spiro atoms. The number of aromatic carboxylic acids is 1. The Labute approximate surface area is 116 Å². The highest BCUT2D eigenvalue weighted by Crippen LogP contribution is 2.07. The van der Waals surface area contributed by atoms with Crippen molar-refractivity contribution in [2.75, 3.05) is 0 Å². The van der Waals surface area contributed by atoms with Crippen LogP contribution in [0.4, 0.5) is 0 Å². The summed E-state index contributed by atoms with van der Waals surface area (Å²) in [6.45, 7) is 2.05. The number of carboxylic acid groups (broad SMARTS) is 1. The highest BCUT2D eigenvalue weighted by Gasteiger charge is 2.09. The van der Waals surface area contributed by atoms with Gasteiger partial charge in [-0.3, -0.25) is 9.78 Å². The lowest BCUT2D eigenvalue weighted by molar-refractivity contribution is 0.0696. The van der Waals surface area contributed by atoms with Crippen molar-refractivity contribution in [1.82, 2.24) is 10.3 Å². The number of carbonyl (C=O) groups is 2. The van der Waals surface area contributed by atoms with Crippen molar-refractivity contribution < 1.29 is 14.7 Å². The molecule has 0 unspecified atom stereocenters. The summed E-state index contributed by atoms with van der Waals surface area (Å²) in [6, 6.07) is 10.1. The third kappa shape index (κ3) is 3.20. The van der Waals surface area contributed by atoms with Gasteiger partial charge in [-0.1, -0.05) is 18.2 Å². The van der Waals surface area contributed by atoms with E-state index in [4.69, 9.17) is 5.11 Å². The van der Waals surface area contributed by atoms with Crippen molar-refractivity contribution in [3.8, 4) is 0 Å². The molecule has 0 saturated heterocycles. The molecule has 1 aromatic heterocycles. The van der Waals surface area contributed by atoms with Crippen molar-refractivity contribution in [3.05, 3.63) is 65.0 Å². The van der Waals surface area contributed by atoms with E-state index in [9.17, 15) is 9.59 Å². The van der Waals surface area contributed by atoms with Crippen LogP contribution < -0.4 is 5.32 Å². The Morgan fingerprint density at radius 2 is 2.00 bits per heavy atom. The number of nitrogens with zero attached hydrogens (tertiary/aromatic N) is 1. The highest BCUT2D eigenvalue weighted by atomic mass is 16.4. The molecule has 20 heavy (non-hydrogen) atoms. The first-order chi connectivity index (χ1) is 9.58. The molecule has 0 fully saturated rings. The molecule has 0 radical (unpaired) electrons. The van der Waals surface area contributed by atoms with E-state index >= 15 is 0 Å². The van der Waals surface area contributed by atoms with Crippen LogP contribution in [-0.2, 0) is 6.54 Å². The minimum atomic E-state index is -1.01. The number of hydrogen-bond donors (Lipinski definition) is 2. The van der Waals surface area contributed by atoms with E-state index in [0.717, 1.165) is 5.56 Å². The van der Waals surface area contributed by atoms with Crippen LogP contribution in [-0.4, -0.2) is 22.0 Å². The molecule has 0 saturated carbocycles. The quantitative estimate of drug-likeness (QED) is 0.890. The summed E-state index contributed by atoms with van der Waals surface area (Å²) < 4.78 is 0. The van der Waals surface area contributed by atoms with E-state index in [1.807, 2.05) is 19.1 Å². The molecule has 0 atom stereocenters. The molecule has 2 aromatic rings. The second-order valence-corrected chi connectivity index (χ2v) is 4.34. The average molecular weight is 270 g/mol. The summed E-state index contributed by atoms with van der Waals surface area (Å²) in [5.41, 5.74) is 2.14. The smallest absolute Gasteiger partial charge is 0.335 e. The number of aromatic nitrogens is 1. The van der Waals surface area contributed by atoms with E-state index in [1.54, 1.807) is 12.1 Å². The van der Waals surface area contributed by atoms with E-state index in [2.05, 4.69) is 10.3 Å². The zero-order valence-corrected chi connectivity index (χ0v) is 11.0. The molecule has 2 rings (SSSR count). The van der Waals surface area contributed by atoms with E-state index in [-0.39, 0.29) is 18.0 Å². The van der Waals surface area contributed by atoms with Gasteiger partial charge in [-0.15, -0.1) is 0 Å². The van der Waals surface area contributed by atoms with E-state index < -0.39 is 5.97 Å². The van der Waals surface area contributed by atoms with Crippen LogP contribution in [0.15, 0.2) is 42.6 Å². The summed E-state index contributed by atoms with van der Waals surface area (Å²) in [5, 5.41) is 11.6. The second kappa shape index (κ2) is 5.97. The lowest BCUT2D eigenvalue weighted by Crippen LogP contribution is -2.24. The van der Waals surface area contributed by atoms with Crippen LogP contribution >= 0.6 is 0 Å². The van der Waals surface area contributed by atoms with Gasteiger partial charge in [0.25, 0.3) is 5.91 Å². The van der Waals surface area contributed by atoms with Crippen LogP contribution in [0.3, 0.4) is 0 Å². The number of nitrogens with one attached hydrogen (secondary N) is 1. The van der Waals surface area contributed by atoms with E-state index in [1.165, 1.54) is 18.3 Å². The zero-order valence-electron chi connectivity index (χ0n) is 11.0. The maximum atomic E-state index is 12.0. The average Bonchev–Trinajstić information content (AvgIpc) is 2.45. The maximum absolute atomic E-state index is 12.0. The van der Waals surface area contributed by atoms with Gasteiger partial charge in [-0.25, -0.2) is 4.79 Å². The largest absolute Gasteiger partial charge is 0.478 e. The van der Waals surface area contributed by atoms with Crippen molar-refractivity contribution in [2.24, 2.45) is 0 Å². The molecule has 0 aliphatic heterocycles. The topological polar surface area (TPSA) is 79.3 Å². The van der Waals surface area contributed by atoms with Crippen LogP contribution in [0.1, 0.15) is 32.0 Å². The first-order valence-electron chi connectivity index (χ1n) is 6.10. The zero-order chi connectivity index (χ0) is 14.5. The summed E-state index contributed by atoms with van der Waals surface area (Å²) in [7, 11) is 0. The molecule has 1 amide bonds. The monoisotopic (exact) mass is 270 g/mol. The summed E-state index contributed by atoms with van der Waals surface area (Å²) in [6.07, 6.45) is 1.42. The standard InChI is InChI=1S/C15H14N2O3/c1-10-4-2-3-5-13(10)14(18)17-9-12-8-11(15(19)20)6-7-16-12/h2-8H,9H2,1H3,(H,17,18)(H,19,20). The Morgan fingerprint density at radius 3 is 2.70 bits per heavy atom. The Balaban J connectivity index is 2.06. The lowest BCUT2D eigenvalue weighted by atomic mass is 10.1. The lowest BCUT2D eigenvalue weighted by Gasteiger charge is -2.07. The van der Waals surface area contributed by atoms with Gasteiger partial charge in [0.05, 0.1) is 17.8 Å². The fraction of sp³-hybridized carbons (Fsp3) is 0.133. The van der Waals surface area contributed by atoms with Gasteiger partial charge in [0.2, 0.25) is 0 Å². The first kappa shape index (κ1) is 13.7. The highest BCUT2D eigenvalue weighted by molar-refractivity contribution is 5.95. The van der Waals surface area contributed by atoms with Crippen molar-refractivity contribution in [3.63, 3.8) is 0 Å². The fourth-order valence-corrected chi connectivity index (χ4v) is 1.80. The molecule has 1 heterocycles. The number of amides is 1. The van der Waals surface area contributed by atoms with Gasteiger partial charge in [0, 0.05) is 11.8 Å². The molecule has 102 valence electrons. The summed E-state index contributed by atoms with van der Waals surface area (Å²) in [5.74, 6) is -1.22. The van der Waals surface area contributed by atoms with Crippen LogP contribution in [0.25, 0.3) is 0 Å². The molecular formula is C15H14N2O3. The Bertz CT molecular complexity index is 653. The Kier molecular flexibility index (Phi) is 4.10. The van der Waals surface area contributed by atoms with Gasteiger partial charge in [0.1, 0.15) is 0 Å². The fourth-order valence-electron chi connectivity index (χ4n) is 1.80. The second-order valence-electron chi connectivity index (χ2n) is 4.34. The van der Waals surface area contributed by atoms with Crippen molar-refractivity contribution in [2.45, 2.75) is 13.5 Å². The van der Waals surface area contributed by atoms with Gasteiger partial charge in [0.15, 0.2) is 0 Å². The SMILES string of the molecule is Cc1ccccc1C(=O)NCc1cc(C(=O)O)ccn1. The third-order valence-electron chi connectivity index (χ3n) is 2.88. The van der Waals surface area contributed by atoms with Gasteiger partial charge < -0.3 is 10.4 Å². The summed E-state index contributed by atoms with van der Waals surface area (Å²) >= 11 is 0. The van der Waals surface area contributed by atoms with Crippen LogP contribution in [0.5, 0.6) is 0 Å². The molecular weight excluding hydrogens is 256 g/mol. The molecule has 0 aliphatic carbocycles. The van der Waals surface area contributed by atoms with Crippen molar-refractivity contribution in [1.29, 1.82) is 0 Å². The predicted molar refractivity (Wildman–Crippen MR) is 73.5 cm³/mol. The Morgan fingerprint density at radius 1 is 1.25 bits per heavy atom. The van der Waals surface area contributed by atoms with Crippen molar-refractivity contribution >= 4 is 11.9 Å². The Hall–Kier alpha value is -2.69. The first-order valence-corrected chi connectivity index (χ1v) is 6.10. The normalized spacial score (nSPS) is 10.1. The molecule has 0 aliphatic rings. The minimum absolute atomic E-state index is 0.153. The van der Waals surface area contributed by atoms with Gasteiger partial charge >= 0.3 is 5.97 Å². The molecule has 1 aromatic carbocycles. The molecule has 0 bridgehead atoms. The molecule has 5 heteroatoms. The number of carbonyl (C=O) groups excluding carboxylic acids is 1. The number of hydrogen-bond acceptors (Lipinski definition) is 3. The third-order valence-corrected chi connectivity index (χ3v) is 2.88. The maximum Gasteiger partial charge on any atom is 0.335 e. The van der Waals surface area contributed by atoms with Gasteiger partial charge in [-0.05, 0) is 30.7 Å². The van der Waals surface area contributed by atoms with Gasteiger partial charge in [-0.2, -0.15) is 0 Å². The molecule has 5 nitrogen and oxygen atoms in total. The number of benzene rings is 1. The predicted octanol–water partition coefficient (Wildman–Crippen LogP) is 2.02. The number of carboxylic acids is 1. The minimum Gasteiger partial charge on any atom is -0.478 e. The number of pyridine rings is 1. The number of aryl methyl sites for hydroxylation is 1. The van der Waals surface area contributed by atoms with Crippen LogP contribution in [0.2, 0.25) is 0 Å². The summed E-state index contributed by atoms with van der Waals surface area (Å²) in [4.78, 5) is 26.9. The van der Waals surface area contributed by atoms with E-state index in [0.29, 0.717) is 11.3 Å². The number of rotatable bonds is 4.